The number of carbonyl (C=O) groups excluding carboxylic acids is 1. The maximum atomic E-state index is 12.6. The van der Waals surface area contributed by atoms with Gasteiger partial charge in [0.1, 0.15) is 0 Å². The van der Waals surface area contributed by atoms with E-state index in [-0.39, 0.29) is 11.3 Å². The molecule has 1 aliphatic heterocycles. The number of amides is 1. The lowest BCUT2D eigenvalue weighted by atomic mass is 9.84. The van der Waals surface area contributed by atoms with E-state index in [1.807, 2.05) is 30.0 Å². The highest BCUT2D eigenvalue weighted by Gasteiger charge is 2.30. The first kappa shape index (κ1) is 13.6. The third kappa shape index (κ3) is 2.77. The number of nitrogens with zero attached hydrogens (tertiary/aromatic N) is 1. The first-order valence-corrected chi connectivity index (χ1v) is 7.24. The fraction of sp³-hybridized carbons (Fsp3) is 0.533. The number of likely N-dealkylation sites (tertiary alicyclic amines) is 1. The number of hydrogen-bond acceptors (Lipinski definition) is 1. The fourth-order valence-electron chi connectivity index (χ4n) is 2.61. The second-order valence-electron chi connectivity index (χ2n) is 5.91. The van der Waals surface area contributed by atoms with E-state index in [4.69, 9.17) is 0 Å². The van der Waals surface area contributed by atoms with E-state index in [2.05, 4.69) is 29.8 Å². The molecule has 98 valence electrons. The summed E-state index contributed by atoms with van der Waals surface area (Å²) in [6.07, 6.45) is 2.31. The van der Waals surface area contributed by atoms with Gasteiger partial charge >= 0.3 is 0 Å². The molecule has 0 saturated carbocycles. The van der Waals surface area contributed by atoms with E-state index >= 15 is 0 Å². The smallest absolute Gasteiger partial charge is 0.254 e. The summed E-state index contributed by atoms with van der Waals surface area (Å²) in [5.74, 6) is 0.168. The van der Waals surface area contributed by atoms with E-state index in [1.165, 1.54) is 6.42 Å². The molecule has 1 aromatic carbocycles. The Morgan fingerprint density at radius 2 is 2.11 bits per heavy atom. The average Bonchev–Trinajstić information content (AvgIpc) is 2.30. The normalized spacial score (nSPS) is 18.8. The zero-order valence-electron chi connectivity index (χ0n) is 11.3. The van der Waals surface area contributed by atoms with Crippen molar-refractivity contribution in [1.82, 2.24) is 4.90 Å². The highest BCUT2D eigenvalue weighted by Crippen LogP contribution is 2.30. The van der Waals surface area contributed by atoms with Crippen LogP contribution < -0.4 is 0 Å². The highest BCUT2D eigenvalue weighted by atomic mass is 79.9. The van der Waals surface area contributed by atoms with Crippen molar-refractivity contribution in [1.29, 1.82) is 0 Å². The van der Waals surface area contributed by atoms with Crippen molar-refractivity contribution in [2.75, 3.05) is 13.1 Å². The molecule has 18 heavy (non-hydrogen) atoms. The minimum absolute atomic E-state index is 0.168. The number of piperidine rings is 1. The lowest BCUT2D eigenvalue weighted by Gasteiger charge is -2.38. The van der Waals surface area contributed by atoms with Crippen LogP contribution in [0.1, 0.15) is 42.6 Å². The Balaban J connectivity index is 2.23. The summed E-state index contributed by atoms with van der Waals surface area (Å²) in [6, 6.07) is 5.83. The van der Waals surface area contributed by atoms with Crippen LogP contribution in [0.15, 0.2) is 22.7 Å². The topological polar surface area (TPSA) is 20.3 Å². The molecule has 0 spiro atoms. The predicted octanol–water partition coefficient (Wildman–Crippen LogP) is 4.02. The molecule has 0 atom stereocenters. The molecular formula is C15H20BrNO. The van der Waals surface area contributed by atoms with E-state index < -0.39 is 0 Å². The number of benzene rings is 1. The molecule has 0 aromatic heterocycles. The van der Waals surface area contributed by atoms with Gasteiger partial charge in [-0.1, -0.05) is 35.8 Å². The molecule has 0 aliphatic carbocycles. The Labute approximate surface area is 117 Å². The molecule has 2 rings (SSSR count). The van der Waals surface area contributed by atoms with Gasteiger partial charge in [-0.05, 0) is 42.9 Å². The molecule has 0 bridgehead atoms. The van der Waals surface area contributed by atoms with Gasteiger partial charge in [0.05, 0.1) is 0 Å². The summed E-state index contributed by atoms with van der Waals surface area (Å²) >= 11 is 3.49. The van der Waals surface area contributed by atoms with Crippen LogP contribution in [0.25, 0.3) is 0 Å². The van der Waals surface area contributed by atoms with Gasteiger partial charge < -0.3 is 4.90 Å². The maximum Gasteiger partial charge on any atom is 0.254 e. The van der Waals surface area contributed by atoms with Crippen LogP contribution in [0.5, 0.6) is 0 Å². The van der Waals surface area contributed by atoms with Crippen molar-refractivity contribution < 1.29 is 4.79 Å². The summed E-state index contributed by atoms with van der Waals surface area (Å²) < 4.78 is 1.00. The van der Waals surface area contributed by atoms with Crippen molar-refractivity contribution in [3.63, 3.8) is 0 Å². The second kappa shape index (κ2) is 5.04. The molecule has 0 N–H and O–H groups in total. The lowest BCUT2D eigenvalue weighted by molar-refractivity contribution is 0.0582. The van der Waals surface area contributed by atoms with Gasteiger partial charge in [-0.2, -0.15) is 0 Å². The number of halogens is 1. The third-order valence-corrected chi connectivity index (χ3v) is 4.54. The van der Waals surface area contributed by atoms with Gasteiger partial charge in [0.25, 0.3) is 5.91 Å². The molecule has 1 heterocycles. The Kier molecular flexibility index (Phi) is 3.81. The molecule has 1 saturated heterocycles. The van der Waals surface area contributed by atoms with Gasteiger partial charge in [0.15, 0.2) is 0 Å². The predicted molar refractivity (Wildman–Crippen MR) is 77.8 cm³/mol. The largest absolute Gasteiger partial charge is 0.338 e. The van der Waals surface area contributed by atoms with Gasteiger partial charge in [-0.25, -0.2) is 0 Å². The molecule has 1 fully saturated rings. The Morgan fingerprint density at radius 1 is 1.39 bits per heavy atom. The molecule has 0 unspecified atom stereocenters. The minimum atomic E-state index is 0.168. The van der Waals surface area contributed by atoms with Crippen molar-refractivity contribution in [2.45, 2.75) is 33.6 Å². The zero-order chi connectivity index (χ0) is 13.3. The van der Waals surface area contributed by atoms with Gasteiger partial charge in [0, 0.05) is 23.1 Å². The maximum absolute atomic E-state index is 12.6. The number of carbonyl (C=O) groups is 1. The van der Waals surface area contributed by atoms with E-state index in [0.717, 1.165) is 35.1 Å². The molecule has 1 aromatic rings. The molecule has 2 nitrogen and oxygen atoms in total. The monoisotopic (exact) mass is 309 g/mol. The van der Waals surface area contributed by atoms with Crippen LogP contribution in [0.2, 0.25) is 0 Å². The van der Waals surface area contributed by atoms with Gasteiger partial charge in [0.2, 0.25) is 0 Å². The van der Waals surface area contributed by atoms with Crippen molar-refractivity contribution >= 4 is 21.8 Å². The molecular weight excluding hydrogens is 290 g/mol. The zero-order valence-corrected chi connectivity index (χ0v) is 12.9. The quantitative estimate of drug-likeness (QED) is 0.767. The summed E-state index contributed by atoms with van der Waals surface area (Å²) in [6.45, 7) is 8.21. The van der Waals surface area contributed by atoms with Crippen LogP contribution in [0, 0.1) is 12.3 Å². The lowest BCUT2D eigenvalue weighted by Crippen LogP contribution is -2.43. The minimum Gasteiger partial charge on any atom is -0.338 e. The Bertz CT molecular complexity index is 468. The SMILES string of the molecule is Cc1c(Br)cccc1C(=O)N1CCCC(C)(C)C1. The van der Waals surface area contributed by atoms with Crippen LogP contribution in [-0.4, -0.2) is 23.9 Å². The molecule has 0 radical (unpaired) electrons. The standard InChI is InChI=1S/C15H20BrNO/c1-11-12(6-4-7-13(11)16)14(18)17-9-5-8-15(2,3)10-17/h4,6-7H,5,8-10H2,1-3H3. The van der Waals surface area contributed by atoms with E-state index in [9.17, 15) is 4.79 Å². The third-order valence-electron chi connectivity index (χ3n) is 3.69. The van der Waals surface area contributed by atoms with Crippen molar-refractivity contribution in [3.05, 3.63) is 33.8 Å². The fourth-order valence-corrected chi connectivity index (χ4v) is 2.97. The summed E-state index contributed by atoms with van der Waals surface area (Å²) in [4.78, 5) is 14.6. The van der Waals surface area contributed by atoms with Crippen molar-refractivity contribution in [3.8, 4) is 0 Å². The Morgan fingerprint density at radius 3 is 2.78 bits per heavy atom. The first-order valence-electron chi connectivity index (χ1n) is 6.45. The Hall–Kier alpha value is -0.830. The van der Waals surface area contributed by atoms with Crippen LogP contribution in [-0.2, 0) is 0 Å². The summed E-state index contributed by atoms with van der Waals surface area (Å²) in [7, 11) is 0. The highest BCUT2D eigenvalue weighted by molar-refractivity contribution is 9.10. The number of rotatable bonds is 1. The van der Waals surface area contributed by atoms with E-state index in [0.29, 0.717) is 0 Å². The summed E-state index contributed by atoms with van der Waals surface area (Å²) in [5.41, 5.74) is 2.10. The van der Waals surface area contributed by atoms with Crippen LogP contribution >= 0.6 is 15.9 Å². The molecule has 1 amide bonds. The summed E-state index contributed by atoms with van der Waals surface area (Å²) in [5, 5.41) is 0. The van der Waals surface area contributed by atoms with Gasteiger partial charge in [-0.15, -0.1) is 0 Å². The first-order chi connectivity index (χ1) is 8.41. The van der Waals surface area contributed by atoms with Crippen molar-refractivity contribution in [2.24, 2.45) is 5.41 Å². The second-order valence-corrected chi connectivity index (χ2v) is 6.76. The van der Waals surface area contributed by atoms with Crippen LogP contribution in [0.4, 0.5) is 0 Å². The van der Waals surface area contributed by atoms with Gasteiger partial charge in [-0.3, -0.25) is 4.79 Å². The molecule has 1 aliphatic rings. The van der Waals surface area contributed by atoms with Crippen LogP contribution in [0.3, 0.4) is 0 Å². The van der Waals surface area contributed by atoms with E-state index in [1.54, 1.807) is 0 Å². The number of hydrogen-bond donors (Lipinski definition) is 0. The average molecular weight is 310 g/mol. The molecule has 3 heteroatoms.